The third kappa shape index (κ3) is 4.20. The van der Waals surface area contributed by atoms with Crippen molar-refractivity contribution in [2.75, 3.05) is 0 Å². The van der Waals surface area contributed by atoms with Gasteiger partial charge in [-0.15, -0.1) is 12.4 Å². The molecule has 0 spiro atoms. The van der Waals surface area contributed by atoms with E-state index >= 15 is 0 Å². The van der Waals surface area contributed by atoms with Crippen LogP contribution in [0.2, 0.25) is 0 Å². The molecule has 0 saturated heterocycles. The first-order chi connectivity index (χ1) is 7.56. The molecule has 1 aromatic rings. The van der Waals surface area contributed by atoms with E-state index in [1.54, 1.807) is 6.07 Å². The minimum absolute atomic E-state index is 0. The van der Waals surface area contributed by atoms with Crippen LogP contribution in [0.5, 0.6) is 5.75 Å². The van der Waals surface area contributed by atoms with Gasteiger partial charge in [-0.25, -0.2) is 0 Å². The van der Waals surface area contributed by atoms with E-state index in [2.05, 4.69) is 6.92 Å². The minimum atomic E-state index is -0.606. The Kier molecular flexibility index (Phi) is 6.53. The van der Waals surface area contributed by atoms with Gasteiger partial charge < -0.3 is 10.8 Å². The first kappa shape index (κ1) is 15.7. The standard InChI is InChI=1S/C11H16N2O3.ClH/c1-2-3-4-9(12)8-5-6-11(14)10(7-8)13(15)16;/h5-7,9,14H,2-4,12H2,1H3;1H/t9-;/m1./s1. The van der Waals surface area contributed by atoms with Crippen LogP contribution in [0.4, 0.5) is 5.69 Å². The molecular formula is C11H17ClN2O3. The normalized spacial score (nSPS) is 11.6. The Morgan fingerprint density at radius 1 is 1.53 bits per heavy atom. The number of nitrogens with two attached hydrogens (primary N) is 1. The third-order valence-corrected chi connectivity index (χ3v) is 2.49. The number of aromatic hydroxyl groups is 1. The first-order valence-electron chi connectivity index (χ1n) is 5.29. The molecule has 96 valence electrons. The molecule has 0 radical (unpaired) electrons. The summed E-state index contributed by atoms with van der Waals surface area (Å²) >= 11 is 0. The van der Waals surface area contributed by atoms with E-state index in [1.165, 1.54) is 12.1 Å². The van der Waals surface area contributed by atoms with Gasteiger partial charge in [0.2, 0.25) is 0 Å². The van der Waals surface area contributed by atoms with Gasteiger partial charge in [0.15, 0.2) is 5.75 Å². The molecule has 6 heteroatoms. The van der Waals surface area contributed by atoms with E-state index in [-0.39, 0.29) is 29.9 Å². The maximum atomic E-state index is 10.6. The number of hydrogen-bond acceptors (Lipinski definition) is 4. The fraction of sp³-hybridized carbons (Fsp3) is 0.455. The van der Waals surface area contributed by atoms with Crippen molar-refractivity contribution in [2.24, 2.45) is 5.73 Å². The predicted octanol–water partition coefficient (Wildman–Crippen LogP) is 2.91. The Morgan fingerprint density at radius 3 is 2.71 bits per heavy atom. The molecular weight excluding hydrogens is 244 g/mol. The number of nitro benzene ring substituents is 1. The Morgan fingerprint density at radius 2 is 2.18 bits per heavy atom. The second-order valence-corrected chi connectivity index (χ2v) is 3.75. The van der Waals surface area contributed by atoms with Gasteiger partial charge in [-0.3, -0.25) is 10.1 Å². The van der Waals surface area contributed by atoms with E-state index in [9.17, 15) is 15.2 Å². The van der Waals surface area contributed by atoms with E-state index in [0.29, 0.717) is 5.56 Å². The van der Waals surface area contributed by atoms with E-state index in [1.807, 2.05) is 0 Å². The monoisotopic (exact) mass is 260 g/mol. The number of rotatable bonds is 5. The lowest BCUT2D eigenvalue weighted by atomic mass is 10.0. The number of benzene rings is 1. The molecule has 1 aromatic carbocycles. The van der Waals surface area contributed by atoms with Crippen LogP contribution in [0, 0.1) is 10.1 Å². The van der Waals surface area contributed by atoms with Crippen LogP contribution < -0.4 is 5.73 Å². The highest BCUT2D eigenvalue weighted by atomic mass is 35.5. The van der Waals surface area contributed by atoms with Crippen molar-refractivity contribution in [3.8, 4) is 5.75 Å². The summed E-state index contributed by atoms with van der Waals surface area (Å²) in [5, 5.41) is 19.9. The van der Waals surface area contributed by atoms with Crippen LogP contribution in [0.1, 0.15) is 37.8 Å². The molecule has 1 atom stereocenters. The van der Waals surface area contributed by atoms with Gasteiger partial charge in [0, 0.05) is 12.1 Å². The zero-order chi connectivity index (χ0) is 12.1. The molecule has 0 heterocycles. The topological polar surface area (TPSA) is 89.4 Å². The summed E-state index contributed by atoms with van der Waals surface area (Å²) in [5.74, 6) is -0.323. The number of unbranched alkanes of at least 4 members (excludes halogenated alkanes) is 1. The lowest BCUT2D eigenvalue weighted by Crippen LogP contribution is -2.10. The van der Waals surface area contributed by atoms with Crippen molar-refractivity contribution in [3.63, 3.8) is 0 Å². The number of phenols is 1. The maximum Gasteiger partial charge on any atom is 0.311 e. The summed E-state index contributed by atoms with van der Waals surface area (Å²) in [6, 6.07) is 4.08. The average molecular weight is 261 g/mol. The van der Waals surface area contributed by atoms with Gasteiger partial charge in [0.25, 0.3) is 0 Å². The van der Waals surface area contributed by atoms with Gasteiger partial charge >= 0.3 is 5.69 Å². The van der Waals surface area contributed by atoms with Gasteiger partial charge in [-0.1, -0.05) is 25.8 Å². The summed E-state index contributed by atoms with van der Waals surface area (Å²) < 4.78 is 0. The molecule has 0 bridgehead atoms. The number of halogens is 1. The Balaban J connectivity index is 0.00000256. The highest BCUT2D eigenvalue weighted by Gasteiger charge is 2.16. The highest BCUT2D eigenvalue weighted by Crippen LogP contribution is 2.29. The van der Waals surface area contributed by atoms with Crippen molar-refractivity contribution < 1.29 is 10.0 Å². The summed E-state index contributed by atoms with van der Waals surface area (Å²) in [6.45, 7) is 2.06. The number of phenolic OH excluding ortho intramolecular Hbond substituents is 1. The van der Waals surface area contributed by atoms with Crippen molar-refractivity contribution >= 4 is 18.1 Å². The maximum absolute atomic E-state index is 10.6. The SMILES string of the molecule is CCCC[C@@H](N)c1ccc(O)c([N+](=O)[O-])c1.Cl. The second kappa shape index (κ2) is 7.09. The Hall–Kier alpha value is -1.33. The Bertz CT molecular complexity index is 385. The lowest BCUT2D eigenvalue weighted by molar-refractivity contribution is -0.385. The van der Waals surface area contributed by atoms with Gasteiger partial charge in [0.1, 0.15) is 0 Å². The molecule has 0 saturated carbocycles. The molecule has 0 unspecified atom stereocenters. The van der Waals surface area contributed by atoms with Crippen LogP contribution in [-0.2, 0) is 0 Å². The molecule has 0 aliphatic heterocycles. The summed E-state index contributed by atoms with van der Waals surface area (Å²) in [6.07, 6.45) is 2.81. The van der Waals surface area contributed by atoms with Crippen LogP contribution in [-0.4, -0.2) is 10.0 Å². The molecule has 5 nitrogen and oxygen atoms in total. The summed E-state index contributed by atoms with van der Waals surface area (Å²) in [5.41, 5.74) is 6.30. The van der Waals surface area contributed by atoms with E-state index in [4.69, 9.17) is 5.73 Å². The van der Waals surface area contributed by atoms with E-state index < -0.39 is 4.92 Å². The van der Waals surface area contributed by atoms with Gasteiger partial charge in [-0.05, 0) is 18.1 Å². The van der Waals surface area contributed by atoms with Crippen molar-refractivity contribution in [3.05, 3.63) is 33.9 Å². The fourth-order valence-electron chi connectivity index (χ4n) is 1.51. The van der Waals surface area contributed by atoms with Crippen LogP contribution in [0.15, 0.2) is 18.2 Å². The molecule has 0 aliphatic rings. The number of hydrogen-bond donors (Lipinski definition) is 2. The van der Waals surface area contributed by atoms with Crippen LogP contribution in [0.3, 0.4) is 0 Å². The Labute approximate surface area is 106 Å². The molecule has 1 rings (SSSR count). The zero-order valence-corrected chi connectivity index (χ0v) is 10.4. The quantitative estimate of drug-likeness (QED) is 0.629. The summed E-state index contributed by atoms with van der Waals surface area (Å²) in [4.78, 5) is 10.0. The van der Waals surface area contributed by atoms with Crippen molar-refractivity contribution in [1.29, 1.82) is 0 Å². The van der Waals surface area contributed by atoms with E-state index in [0.717, 1.165) is 19.3 Å². The largest absolute Gasteiger partial charge is 0.502 e. The van der Waals surface area contributed by atoms with Crippen LogP contribution in [0.25, 0.3) is 0 Å². The molecule has 0 aliphatic carbocycles. The average Bonchev–Trinajstić information content (AvgIpc) is 2.26. The number of nitro groups is 1. The number of nitrogens with zero attached hydrogens (tertiary/aromatic N) is 1. The third-order valence-electron chi connectivity index (χ3n) is 2.49. The van der Waals surface area contributed by atoms with Crippen molar-refractivity contribution in [1.82, 2.24) is 0 Å². The minimum Gasteiger partial charge on any atom is -0.502 e. The smallest absolute Gasteiger partial charge is 0.311 e. The lowest BCUT2D eigenvalue weighted by Gasteiger charge is -2.11. The molecule has 0 amide bonds. The first-order valence-corrected chi connectivity index (χ1v) is 5.29. The highest BCUT2D eigenvalue weighted by molar-refractivity contribution is 5.85. The zero-order valence-electron chi connectivity index (χ0n) is 9.63. The van der Waals surface area contributed by atoms with Crippen LogP contribution >= 0.6 is 12.4 Å². The molecule has 3 N–H and O–H groups in total. The second-order valence-electron chi connectivity index (χ2n) is 3.75. The molecule has 17 heavy (non-hydrogen) atoms. The van der Waals surface area contributed by atoms with Gasteiger partial charge in [-0.2, -0.15) is 0 Å². The van der Waals surface area contributed by atoms with Crippen molar-refractivity contribution in [2.45, 2.75) is 32.2 Å². The van der Waals surface area contributed by atoms with Gasteiger partial charge in [0.05, 0.1) is 4.92 Å². The molecule has 0 fully saturated rings. The fourth-order valence-corrected chi connectivity index (χ4v) is 1.51. The predicted molar refractivity (Wildman–Crippen MR) is 68.5 cm³/mol. The molecule has 0 aromatic heterocycles. The summed E-state index contributed by atoms with van der Waals surface area (Å²) in [7, 11) is 0.